The number of hydrogen-bond donors (Lipinski definition) is 1. The van der Waals surface area contributed by atoms with Gasteiger partial charge in [0.05, 0.1) is 7.11 Å². The van der Waals surface area contributed by atoms with Crippen molar-refractivity contribution in [3.63, 3.8) is 0 Å². The first-order valence-electron chi connectivity index (χ1n) is 6.63. The van der Waals surface area contributed by atoms with Crippen molar-refractivity contribution in [3.8, 4) is 16.9 Å². The number of nitrogens with two attached hydrogens (primary N) is 1. The molecule has 0 radical (unpaired) electrons. The van der Waals surface area contributed by atoms with E-state index in [-0.39, 0.29) is 12.4 Å². The quantitative estimate of drug-likeness (QED) is 0.908. The fourth-order valence-corrected chi connectivity index (χ4v) is 2.17. The minimum atomic E-state index is 0. The van der Waals surface area contributed by atoms with Crippen LogP contribution in [0, 0.1) is 0 Å². The van der Waals surface area contributed by atoms with E-state index < -0.39 is 0 Å². The molecule has 20 heavy (non-hydrogen) atoms. The van der Waals surface area contributed by atoms with Crippen molar-refractivity contribution >= 4 is 12.4 Å². The maximum atomic E-state index is 5.70. The number of methoxy groups -OCH3 is 1. The van der Waals surface area contributed by atoms with Crippen LogP contribution in [0.15, 0.2) is 42.5 Å². The van der Waals surface area contributed by atoms with Gasteiger partial charge in [0.25, 0.3) is 0 Å². The second-order valence-corrected chi connectivity index (χ2v) is 5.01. The monoisotopic (exact) mass is 291 g/mol. The van der Waals surface area contributed by atoms with Gasteiger partial charge in [0.2, 0.25) is 0 Å². The van der Waals surface area contributed by atoms with E-state index in [1.165, 1.54) is 11.1 Å². The number of rotatable bonds is 4. The SMILES string of the molecule is COc1cc(-c2cccc(C(C)C)c2)ccc1CN.Cl. The lowest BCUT2D eigenvalue weighted by atomic mass is 9.96. The minimum Gasteiger partial charge on any atom is -0.496 e. The van der Waals surface area contributed by atoms with Crippen LogP contribution in [0.5, 0.6) is 5.75 Å². The summed E-state index contributed by atoms with van der Waals surface area (Å²) in [6, 6.07) is 14.8. The van der Waals surface area contributed by atoms with Crippen LogP contribution in [0.3, 0.4) is 0 Å². The Balaban J connectivity index is 0.00000200. The van der Waals surface area contributed by atoms with Crippen molar-refractivity contribution < 1.29 is 4.74 Å². The Morgan fingerprint density at radius 2 is 1.75 bits per heavy atom. The summed E-state index contributed by atoms with van der Waals surface area (Å²) in [7, 11) is 1.68. The zero-order valence-corrected chi connectivity index (χ0v) is 13.0. The number of hydrogen-bond acceptors (Lipinski definition) is 2. The number of benzene rings is 2. The number of ether oxygens (including phenoxy) is 1. The molecule has 0 heterocycles. The van der Waals surface area contributed by atoms with Gasteiger partial charge in [0, 0.05) is 12.1 Å². The van der Waals surface area contributed by atoms with Gasteiger partial charge in [-0.3, -0.25) is 0 Å². The van der Waals surface area contributed by atoms with Crippen molar-refractivity contribution in [2.45, 2.75) is 26.3 Å². The highest BCUT2D eigenvalue weighted by Gasteiger charge is 2.06. The zero-order chi connectivity index (χ0) is 13.8. The Labute approximate surface area is 127 Å². The molecule has 0 fully saturated rings. The largest absolute Gasteiger partial charge is 0.496 e. The Morgan fingerprint density at radius 1 is 1.05 bits per heavy atom. The van der Waals surface area contributed by atoms with Crippen LogP contribution in [-0.4, -0.2) is 7.11 Å². The van der Waals surface area contributed by atoms with E-state index in [0.717, 1.165) is 16.9 Å². The van der Waals surface area contributed by atoms with Gasteiger partial charge in [0.1, 0.15) is 5.75 Å². The molecule has 2 nitrogen and oxygen atoms in total. The average molecular weight is 292 g/mol. The summed E-state index contributed by atoms with van der Waals surface area (Å²) in [4.78, 5) is 0. The van der Waals surface area contributed by atoms with E-state index in [2.05, 4.69) is 50.2 Å². The van der Waals surface area contributed by atoms with Crippen LogP contribution in [0.4, 0.5) is 0 Å². The lowest BCUT2D eigenvalue weighted by Crippen LogP contribution is -1.99. The van der Waals surface area contributed by atoms with Crippen molar-refractivity contribution in [1.29, 1.82) is 0 Å². The fraction of sp³-hybridized carbons (Fsp3) is 0.294. The molecule has 0 saturated heterocycles. The highest BCUT2D eigenvalue weighted by molar-refractivity contribution is 5.85. The molecule has 0 atom stereocenters. The second-order valence-electron chi connectivity index (χ2n) is 5.01. The van der Waals surface area contributed by atoms with Crippen molar-refractivity contribution in [1.82, 2.24) is 0 Å². The first-order chi connectivity index (χ1) is 9.15. The van der Waals surface area contributed by atoms with Crippen LogP contribution in [-0.2, 0) is 6.54 Å². The molecule has 0 aliphatic rings. The van der Waals surface area contributed by atoms with Gasteiger partial charge in [-0.15, -0.1) is 12.4 Å². The third-order valence-corrected chi connectivity index (χ3v) is 3.39. The van der Waals surface area contributed by atoms with E-state index >= 15 is 0 Å². The molecule has 0 aliphatic heterocycles. The lowest BCUT2D eigenvalue weighted by molar-refractivity contribution is 0.410. The molecule has 2 aromatic rings. The van der Waals surface area contributed by atoms with Crippen LogP contribution in [0.1, 0.15) is 30.9 Å². The summed E-state index contributed by atoms with van der Waals surface area (Å²) in [5.74, 6) is 1.39. The van der Waals surface area contributed by atoms with Crippen LogP contribution >= 0.6 is 12.4 Å². The molecule has 0 bridgehead atoms. The molecule has 108 valence electrons. The molecule has 0 aliphatic carbocycles. The molecule has 3 heteroatoms. The van der Waals surface area contributed by atoms with Gasteiger partial charge in [-0.2, -0.15) is 0 Å². The Kier molecular flexibility index (Phi) is 6.05. The van der Waals surface area contributed by atoms with E-state index in [4.69, 9.17) is 10.5 Å². The molecule has 0 spiro atoms. The van der Waals surface area contributed by atoms with E-state index in [0.29, 0.717) is 12.5 Å². The van der Waals surface area contributed by atoms with Crippen LogP contribution < -0.4 is 10.5 Å². The first kappa shape index (κ1) is 16.5. The molecule has 0 aromatic heterocycles. The zero-order valence-electron chi connectivity index (χ0n) is 12.2. The first-order valence-corrected chi connectivity index (χ1v) is 6.63. The Morgan fingerprint density at radius 3 is 2.35 bits per heavy atom. The molecular formula is C17H22ClNO. The number of halogens is 1. The standard InChI is InChI=1S/C17H21NO.ClH/c1-12(2)13-5-4-6-14(9-13)15-7-8-16(11-18)17(10-15)19-3;/h4-10,12H,11,18H2,1-3H3;1H. The van der Waals surface area contributed by atoms with E-state index in [1.807, 2.05) is 6.07 Å². The van der Waals surface area contributed by atoms with Gasteiger partial charge in [0.15, 0.2) is 0 Å². The lowest BCUT2D eigenvalue weighted by Gasteiger charge is -2.11. The van der Waals surface area contributed by atoms with Gasteiger partial charge < -0.3 is 10.5 Å². The third kappa shape index (κ3) is 3.53. The van der Waals surface area contributed by atoms with Crippen molar-refractivity contribution in [2.24, 2.45) is 5.73 Å². The maximum Gasteiger partial charge on any atom is 0.123 e. The van der Waals surface area contributed by atoms with Crippen molar-refractivity contribution in [3.05, 3.63) is 53.6 Å². The Hall–Kier alpha value is -1.51. The fourth-order valence-electron chi connectivity index (χ4n) is 2.17. The van der Waals surface area contributed by atoms with Gasteiger partial charge >= 0.3 is 0 Å². The molecule has 0 amide bonds. The maximum absolute atomic E-state index is 5.70. The minimum absolute atomic E-state index is 0. The van der Waals surface area contributed by atoms with E-state index in [9.17, 15) is 0 Å². The summed E-state index contributed by atoms with van der Waals surface area (Å²) >= 11 is 0. The molecule has 2 N–H and O–H groups in total. The topological polar surface area (TPSA) is 35.2 Å². The molecular weight excluding hydrogens is 270 g/mol. The van der Waals surface area contributed by atoms with Gasteiger partial charge in [-0.1, -0.05) is 50.2 Å². The molecule has 0 unspecified atom stereocenters. The molecule has 2 rings (SSSR count). The van der Waals surface area contributed by atoms with Gasteiger partial charge in [-0.05, 0) is 28.7 Å². The van der Waals surface area contributed by atoms with Crippen molar-refractivity contribution in [2.75, 3.05) is 7.11 Å². The van der Waals surface area contributed by atoms with Crippen LogP contribution in [0.2, 0.25) is 0 Å². The summed E-state index contributed by atoms with van der Waals surface area (Å²) < 4.78 is 5.40. The predicted molar refractivity (Wildman–Crippen MR) is 87.7 cm³/mol. The van der Waals surface area contributed by atoms with E-state index in [1.54, 1.807) is 7.11 Å². The predicted octanol–water partition coefficient (Wildman–Crippen LogP) is 4.37. The second kappa shape index (κ2) is 7.32. The van der Waals surface area contributed by atoms with Gasteiger partial charge in [-0.25, -0.2) is 0 Å². The summed E-state index contributed by atoms with van der Waals surface area (Å²) in [6.07, 6.45) is 0. The molecule has 0 saturated carbocycles. The average Bonchev–Trinajstić information content (AvgIpc) is 2.46. The smallest absolute Gasteiger partial charge is 0.123 e. The molecule has 2 aromatic carbocycles. The highest BCUT2D eigenvalue weighted by Crippen LogP contribution is 2.29. The Bertz CT molecular complexity index is 567. The highest BCUT2D eigenvalue weighted by atomic mass is 35.5. The summed E-state index contributed by atoms with van der Waals surface area (Å²) in [6.45, 7) is 4.91. The van der Waals surface area contributed by atoms with Crippen LogP contribution in [0.25, 0.3) is 11.1 Å². The summed E-state index contributed by atoms with van der Waals surface area (Å²) in [5.41, 5.74) is 10.5. The normalized spacial score (nSPS) is 10.2. The summed E-state index contributed by atoms with van der Waals surface area (Å²) in [5, 5.41) is 0. The third-order valence-electron chi connectivity index (χ3n) is 3.39.